The maximum Gasteiger partial charge on any atom is 0.227 e. The third kappa shape index (κ3) is 3.80. The molecule has 2 rings (SSSR count). The Labute approximate surface area is 134 Å². The number of amides is 2. The minimum atomic E-state index is -0.391. The van der Waals surface area contributed by atoms with Crippen molar-refractivity contribution < 1.29 is 9.59 Å². The number of nitrogens with two attached hydrogens (primary N) is 1. The molecule has 0 radical (unpaired) electrons. The third-order valence-electron chi connectivity index (χ3n) is 5.03. The van der Waals surface area contributed by atoms with E-state index in [0.29, 0.717) is 19.0 Å². The van der Waals surface area contributed by atoms with Gasteiger partial charge in [0.1, 0.15) is 0 Å². The van der Waals surface area contributed by atoms with E-state index < -0.39 is 5.41 Å². The van der Waals surface area contributed by atoms with Gasteiger partial charge in [0.05, 0.1) is 11.5 Å². The molecule has 126 valence electrons. The highest BCUT2D eigenvalue weighted by molar-refractivity contribution is 5.84. The van der Waals surface area contributed by atoms with Crippen molar-refractivity contribution in [2.45, 2.75) is 58.9 Å². The average molecular weight is 309 g/mol. The second-order valence-corrected chi connectivity index (χ2v) is 8.23. The molecule has 1 saturated heterocycles. The molecule has 3 N–H and O–H groups in total. The highest BCUT2D eigenvalue weighted by Crippen LogP contribution is 2.39. The molecule has 0 aromatic carbocycles. The number of likely N-dealkylation sites (tertiary alicyclic amines) is 1. The van der Waals surface area contributed by atoms with Gasteiger partial charge in [-0.1, -0.05) is 20.8 Å². The monoisotopic (exact) mass is 309 g/mol. The number of carbonyl (C=O) groups excluding carboxylic acids is 2. The molecule has 2 unspecified atom stereocenters. The molecule has 1 aliphatic heterocycles. The predicted octanol–water partition coefficient (Wildman–Crippen LogP) is 1.51. The lowest BCUT2D eigenvalue weighted by Crippen LogP contribution is -2.57. The van der Waals surface area contributed by atoms with Gasteiger partial charge in [0.2, 0.25) is 11.8 Å². The molecule has 2 atom stereocenters. The van der Waals surface area contributed by atoms with Gasteiger partial charge in [-0.25, -0.2) is 0 Å². The SMILES string of the molecule is CC(C)(C)C(=O)N1CCCC(C(=O)NC(C)(CN)C2CC2)C1. The van der Waals surface area contributed by atoms with Crippen molar-refractivity contribution in [3.05, 3.63) is 0 Å². The predicted molar refractivity (Wildman–Crippen MR) is 87.1 cm³/mol. The lowest BCUT2D eigenvalue weighted by Gasteiger charge is -2.38. The molecule has 1 heterocycles. The zero-order chi connectivity index (χ0) is 16.5. The summed E-state index contributed by atoms with van der Waals surface area (Å²) in [5, 5.41) is 3.17. The first-order valence-corrected chi connectivity index (χ1v) is 8.49. The van der Waals surface area contributed by atoms with Crippen LogP contribution in [0.5, 0.6) is 0 Å². The van der Waals surface area contributed by atoms with E-state index >= 15 is 0 Å². The van der Waals surface area contributed by atoms with Gasteiger partial charge in [-0.2, -0.15) is 0 Å². The Hall–Kier alpha value is -1.10. The molecule has 1 aliphatic carbocycles. The molecule has 5 heteroatoms. The van der Waals surface area contributed by atoms with Crippen LogP contribution in [0.2, 0.25) is 0 Å². The summed E-state index contributed by atoms with van der Waals surface area (Å²) in [4.78, 5) is 26.9. The summed E-state index contributed by atoms with van der Waals surface area (Å²) >= 11 is 0. The standard InChI is InChI=1S/C17H31N3O2/c1-16(2,3)15(22)20-9-5-6-12(10-20)14(21)19-17(4,11-18)13-7-8-13/h12-13H,5-11,18H2,1-4H3,(H,19,21). The van der Waals surface area contributed by atoms with E-state index in [9.17, 15) is 9.59 Å². The number of carbonyl (C=O) groups is 2. The second-order valence-electron chi connectivity index (χ2n) is 8.23. The molecule has 0 aromatic rings. The summed E-state index contributed by atoms with van der Waals surface area (Å²) in [5.41, 5.74) is 5.20. The molecule has 0 bridgehead atoms. The van der Waals surface area contributed by atoms with Crippen LogP contribution in [0.3, 0.4) is 0 Å². The van der Waals surface area contributed by atoms with Crippen molar-refractivity contribution in [1.82, 2.24) is 10.2 Å². The Morgan fingerprint density at radius 1 is 1.18 bits per heavy atom. The van der Waals surface area contributed by atoms with Crippen molar-refractivity contribution >= 4 is 11.8 Å². The van der Waals surface area contributed by atoms with Crippen LogP contribution in [0.15, 0.2) is 0 Å². The molecule has 2 amide bonds. The molecule has 2 fully saturated rings. The molecule has 2 aliphatic rings. The maximum absolute atomic E-state index is 12.6. The number of nitrogens with one attached hydrogen (secondary N) is 1. The molecular weight excluding hydrogens is 278 g/mol. The van der Waals surface area contributed by atoms with E-state index in [-0.39, 0.29) is 23.3 Å². The number of nitrogens with zero attached hydrogens (tertiary/aromatic N) is 1. The normalized spacial score (nSPS) is 25.5. The van der Waals surface area contributed by atoms with Crippen molar-refractivity contribution in [3.63, 3.8) is 0 Å². The van der Waals surface area contributed by atoms with Gasteiger partial charge < -0.3 is 16.0 Å². The first-order valence-electron chi connectivity index (χ1n) is 8.49. The van der Waals surface area contributed by atoms with Crippen molar-refractivity contribution in [2.75, 3.05) is 19.6 Å². The molecule has 22 heavy (non-hydrogen) atoms. The maximum atomic E-state index is 12.6. The Morgan fingerprint density at radius 3 is 2.32 bits per heavy atom. The fourth-order valence-corrected chi connectivity index (χ4v) is 3.27. The lowest BCUT2D eigenvalue weighted by atomic mass is 9.89. The van der Waals surface area contributed by atoms with E-state index in [0.717, 1.165) is 32.2 Å². The van der Waals surface area contributed by atoms with Crippen LogP contribution in [-0.2, 0) is 9.59 Å². The minimum Gasteiger partial charge on any atom is -0.349 e. The summed E-state index contributed by atoms with van der Waals surface area (Å²) in [7, 11) is 0. The third-order valence-corrected chi connectivity index (χ3v) is 5.03. The Bertz CT molecular complexity index is 440. The van der Waals surface area contributed by atoms with Crippen LogP contribution in [0.25, 0.3) is 0 Å². The molecule has 0 spiro atoms. The zero-order valence-electron chi connectivity index (χ0n) is 14.4. The molecule has 5 nitrogen and oxygen atoms in total. The molecular formula is C17H31N3O2. The van der Waals surface area contributed by atoms with Gasteiger partial charge in [-0.3, -0.25) is 9.59 Å². The van der Waals surface area contributed by atoms with Gasteiger partial charge in [0.25, 0.3) is 0 Å². The van der Waals surface area contributed by atoms with E-state index in [1.807, 2.05) is 32.6 Å². The van der Waals surface area contributed by atoms with Crippen LogP contribution >= 0.6 is 0 Å². The number of hydrogen-bond donors (Lipinski definition) is 2. The molecule has 0 aromatic heterocycles. The number of hydrogen-bond acceptors (Lipinski definition) is 3. The van der Waals surface area contributed by atoms with Crippen molar-refractivity contribution in [2.24, 2.45) is 23.0 Å². The largest absolute Gasteiger partial charge is 0.349 e. The zero-order valence-corrected chi connectivity index (χ0v) is 14.4. The van der Waals surface area contributed by atoms with Gasteiger partial charge in [-0.15, -0.1) is 0 Å². The van der Waals surface area contributed by atoms with E-state index in [4.69, 9.17) is 5.73 Å². The Kier molecular flexibility index (Phi) is 4.85. The van der Waals surface area contributed by atoms with Gasteiger partial charge in [0, 0.05) is 25.0 Å². The first-order chi connectivity index (χ1) is 10.2. The second kappa shape index (κ2) is 6.19. The van der Waals surface area contributed by atoms with Crippen LogP contribution in [-0.4, -0.2) is 41.9 Å². The quantitative estimate of drug-likeness (QED) is 0.826. The summed E-state index contributed by atoms with van der Waals surface area (Å²) in [6, 6.07) is 0. The van der Waals surface area contributed by atoms with E-state index in [2.05, 4.69) is 5.32 Å². The molecule has 1 saturated carbocycles. The van der Waals surface area contributed by atoms with Crippen LogP contribution in [0.1, 0.15) is 53.4 Å². The highest BCUT2D eigenvalue weighted by Gasteiger charge is 2.43. The first kappa shape index (κ1) is 17.3. The Morgan fingerprint density at radius 2 is 1.82 bits per heavy atom. The van der Waals surface area contributed by atoms with Crippen molar-refractivity contribution in [1.29, 1.82) is 0 Å². The topological polar surface area (TPSA) is 75.4 Å². The van der Waals surface area contributed by atoms with Gasteiger partial charge in [-0.05, 0) is 38.5 Å². The van der Waals surface area contributed by atoms with Crippen LogP contribution < -0.4 is 11.1 Å². The summed E-state index contributed by atoms with van der Waals surface area (Å²) in [5.74, 6) is 0.599. The van der Waals surface area contributed by atoms with Gasteiger partial charge >= 0.3 is 0 Å². The van der Waals surface area contributed by atoms with Gasteiger partial charge in [0.15, 0.2) is 0 Å². The fourth-order valence-electron chi connectivity index (χ4n) is 3.27. The summed E-state index contributed by atoms with van der Waals surface area (Å²) < 4.78 is 0. The van der Waals surface area contributed by atoms with E-state index in [1.54, 1.807) is 0 Å². The van der Waals surface area contributed by atoms with Crippen LogP contribution in [0, 0.1) is 17.3 Å². The van der Waals surface area contributed by atoms with E-state index in [1.165, 1.54) is 0 Å². The highest BCUT2D eigenvalue weighted by atomic mass is 16.2. The number of piperidine rings is 1. The fraction of sp³-hybridized carbons (Fsp3) is 0.882. The van der Waals surface area contributed by atoms with Crippen LogP contribution in [0.4, 0.5) is 0 Å². The minimum absolute atomic E-state index is 0.0614. The Balaban J connectivity index is 1.97. The lowest BCUT2D eigenvalue weighted by molar-refractivity contribution is -0.143. The average Bonchev–Trinajstić information content (AvgIpc) is 3.30. The smallest absolute Gasteiger partial charge is 0.227 e. The summed E-state index contributed by atoms with van der Waals surface area (Å²) in [6.07, 6.45) is 4.04. The van der Waals surface area contributed by atoms with Crippen molar-refractivity contribution in [3.8, 4) is 0 Å². The number of rotatable bonds is 4. The summed E-state index contributed by atoms with van der Waals surface area (Å²) in [6.45, 7) is 9.60.